The molecule has 0 nitrogen and oxygen atoms in total. The number of benzene rings is 4. The molecule has 0 atom stereocenters. The Hall–Kier alpha value is -1.25. The van der Waals surface area contributed by atoms with E-state index < -0.39 is 0 Å². The van der Waals surface area contributed by atoms with Crippen molar-refractivity contribution >= 4 is 75.4 Å². The van der Waals surface area contributed by atoms with Crippen LogP contribution in [0.15, 0.2) is 97.1 Å². The quantitative estimate of drug-likeness (QED) is 0.191. The van der Waals surface area contributed by atoms with Crippen LogP contribution in [0.5, 0.6) is 0 Å². The molecule has 4 heteroatoms. The summed E-state index contributed by atoms with van der Waals surface area (Å²) in [5.41, 5.74) is 13.7. The summed E-state index contributed by atoms with van der Waals surface area (Å²) in [6.07, 6.45) is 6.77. The van der Waals surface area contributed by atoms with Gasteiger partial charge in [0.05, 0.1) is 0 Å². The SMILES string of the molecule is C1=C(c2cccc(-c3ccccc3)c2C2=Cc3ccccc3C2)Cc2ccccc21.Cl.Cl.[PbH2].[Zr]. The Kier molecular flexibility index (Phi) is 10.8. The summed E-state index contributed by atoms with van der Waals surface area (Å²) in [5, 5.41) is 0. The van der Waals surface area contributed by atoms with E-state index in [1.54, 1.807) is 0 Å². The minimum Gasteiger partial charge on any atom is 0 e. The van der Waals surface area contributed by atoms with Gasteiger partial charge in [0.25, 0.3) is 0 Å². The van der Waals surface area contributed by atoms with Crippen LogP contribution in [-0.4, -0.2) is 27.3 Å². The van der Waals surface area contributed by atoms with E-state index in [9.17, 15) is 0 Å². The molecule has 0 saturated heterocycles. The molecule has 4 aromatic carbocycles. The second-order valence-electron chi connectivity index (χ2n) is 8.18. The van der Waals surface area contributed by atoms with E-state index in [1.807, 2.05) is 0 Å². The summed E-state index contributed by atoms with van der Waals surface area (Å²) in [6, 6.07) is 35.2. The molecule has 34 heavy (non-hydrogen) atoms. The van der Waals surface area contributed by atoms with Crippen molar-refractivity contribution in [2.24, 2.45) is 0 Å². The van der Waals surface area contributed by atoms with Crippen molar-refractivity contribution in [2.75, 3.05) is 0 Å². The van der Waals surface area contributed by atoms with Crippen molar-refractivity contribution in [3.05, 3.63) is 130 Å². The van der Waals surface area contributed by atoms with Gasteiger partial charge in [-0.05, 0) is 68.5 Å². The normalized spacial score (nSPS) is 12.5. The maximum atomic E-state index is 2.39. The molecule has 2 radical (unpaired) electrons. The van der Waals surface area contributed by atoms with Crippen LogP contribution >= 0.6 is 24.8 Å². The third-order valence-corrected chi connectivity index (χ3v) is 6.35. The number of allylic oxidation sites excluding steroid dienone is 2. The maximum absolute atomic E-state index is 2.39. The fourth-order valence-electron chi connectivity index (χ4n) is 4.92. The standard InChI is InChI=1S/C30H22.2ClH.Pb.Zr.2H/c1-2-9-21(10-3-1)28-15-8-16-29(26-17-22-11-4-5-12-23(22)18-26)30(28)27-19-24-13-6-7-14-25(24)20-27;;;;;;/h1-17,19H,18,20H2;2*1H;;;;. The largest absolute Gasteiger partial charge is 0 e. The van der Waals surface area contributed by atoms with Crippen molar-refractivity contribution in [3.63, 3.8) is 0 Å². The molecule has 0 fully saturated rings. The van der Waals surface area contributed by atoms with Gasteiger partial charge in [0.2, 0.25) is 0 Å². The topological polar surface area (TPSA) is 0 Å². The van der Waals surface area contributed by atoms with Gasteiger partial charge >= 0.3 is 27.3 Å². The molecule has 0 aliphatic heterocycles. The smallest absolute Gasteiger partial charge is 0 e. The van der Waals surface area contributed by atoms with Gasteiger partial charge in [-0.3, -0.25) is 0 Å². The summed E-state index contributed by atoms with van der Waals surface area (Å²) in [6.45, 7) is 0. The molecule has 0 saturated carbocycles. The van der Waals surface area contributed by atoms with Crippen LogP contribution in [0.4, 0.5) is 0 Å². The zero-order chi connectivity index (χ0) is 19.9. The minimum atomic E-state index is 0. The van der Waals surface area contributed by atoms with Crippen molar-refractivity contribution < 1.29 is 26.2 Å². The molecular formula is C30H26Cl2PbZr. The molecule has 0 heterocycles. The Bertz CT molecular complexity index is 1340. The summed E-state index contributed by atoms with van der Waals surface area (Å²) < 4.78 is 0. The van der Waals surface area contributed by atoms with Crippen molar-refractivity contribution in [1.82, 2.24) is 0 Å². The van der Waals surface area contributed by atoms with Gasteiger partial charge in [0, 0.05) is 26.2 Å². The van der Waals surface area contributed by atoms with Gasteiger partial charge < -0.3 is 0 Å². The molecule has 168 valence electrons. The summed E-state index contributed by atoms with van der Waals surface area (Å²) in [7, 11) is 0. The molecule has 0 spiro atoms. The van der Waals surface area contributed by atoms with Gasteiger partial charge in [0.1, 0.15) is 0 Å². The number of fused-ring (bicyclic) bond motifs is 2. The second-order valence-corrected chi connectivity index (χ2v) is 8.18. The van der Waals surface area contributed by atoms with Crippen LogP contribution in [0.2, 0.25) is 0 Å². The Morgan fingerprint density at radius 2 is 0.971 bits per heavy atom. The van der Waals surface area contributed by atoms with E-state index in [4.69, 9.17) is 0 Å². The van der Waals surface area contributed by atoms with Gasteiger partial charge in [0.15, 0.2) is 0 Å². The van der Waals surface area contributed by atoms with Crippen LogP contribution in [0, 0.1) is 0 Å². The Morgan fingerprint density at radius 1 is 0.471 bits per heavy atom. The van der Waals surface area contributed by atoms with Crippen LogP contribution < -0.4 is 0 Å². The average Bonchev–Trinajstić information content (AvgIpc) is 3.43. The van der Waals surface area contributed by atoms with E-state index in [-0.39, 0.29) is 78.3 Å². The Morgan fingerprint density at radius 3 is 1.59 bits per heavy atom. The van der Waals surface area contributed by atoms with Gasteiger partial charge in [-0.1, -0.05) is 109 Å². The fourth-order valence-corrected chi connectivity index (χ4v) is 4.92. The molecule has 0 aromatic heterocycles. The molecule has 6 rings (SSSR count). The van der Waals surface area contributed by atoms with E-state index in [2.05, 4.69) is 109 Å². The minimum absolute atomic E-state index is 0. The first-order valence-corrected chi connectivity index (χ1v) is 10.6. The summed E-state index contributed by atoms with van der Waals surface area (Å²) >= 11 is 0. The van der Waals surface area contributed by atoms with E-state index in [0.717, 1.165) is 12.8 Å². The maximum Gasteiger partial charge on any atom is 0 e. The number of rotatable bonds is 3. The Balaban J connectivity index is 0.00000102. The number of halogens is 2. The zero-order valence-electron chi connectivity index (χ0n) is 18.8. The molecule has 0 unspecified atom stereocenters. The first-order chi connectivity index (χ1) is 14.9. The van der Waals surface area contributed by atoms with Crippen molar-refractivity contribution in [3.8, 4) is 11.1 Å². The molecule has 4 aromatic rings. The van der Waals surface area contributed by atoms with Crippen LogP contribution in [0.25, 0.3) is 34.4 Å². The van der Waals surface area contributed by atoms with E-state index >= 15 is 0 Å². The fraction of sp³-hybridized carbons (Fsp3) is 0.0667. The van der Waals surface area contributed by atoms with E-state index in [1.165, 1.54) is 55.7 Å². The van der Waals surface area contributed by atoms with E-state index in [0.29, 0.717) is 0 Å². The van der Waals surface area contributed by atoms with Crippen LogP contribution in [0.1, 0.15) is 33.4 Å². The predicted molar refractivity (Wildman–Crippen MR) is 151 cm³/mol. The average molecular weight is 756 g/mol. The summed E-state index contributed by atoms with van der Waals surface area (Å²) in [5.74, 6) is 0. The van der Waals surface area contributed by atoms with Crippen LogP contribution in [-0.2, 0) is 39.0 Å². The monoisotopic (exact) mass is 754 g/mol. The van der Waals surface area contributed by atoms with Crippen molar-refractivity contribution in [2.45, 2.75) is 12.8 Å². The molecule has 2 aliphatic carbocycles. The first kappa shape index (κ1) is 29.0. The number of hydrogen-bond acceptors (Lipinski definition) is 0. The third-order valence-electron chi connectivity index (χ3n) is 6.35. The van der Waals surface area contributed by atoms with Crippen LogP contribution in [0.3, 0.4) is 0 Å². The zero-order valence-corrected chi connectivity index (χ0v) is 28.4. The van der Waals surface area contributed by atoms with Gasteiger partial charge in [-0.15, -0.1) is 24.8 Å². The molecular weight excluding hydrogens is 730 g/mol. The van der Waals surface area contributed by atoms with Crippen molar-refractivity contribution in [1.29, 1.82) is 0 Å². The van der Waals surface area contributed by atoms with Gasteiger partial charge in [-0.25, -0.2) is 0 Å². The third kappa shape index (κ3) is 5.44. The summed E-state index contributed by atoms with van der Waals surface area (Å²) in [4.78, 5) is 0. The molecule has 0 amide bonds. The Labute approximate surface area is 253 Å². The molecule has 2 aliphatic rings. The first-order valence-electron chi connectivity index (χ1n) is 10.6. The predicted octanol–water partition coefficient (Wildman–Crippen LogP) is 7.47. The second kappa shape index (κ2) is 12.6. The number of hydrogen-bond donors (Lipinski definition) is 0. The molecule has 0 N–H and O–H groups in total. The van der Waals surface area contributed by atoms with Gasteiger partial charge in [-0.2, -0.15) is 0 Å². The molecule has 0 bridgehead atoms.